The first-order chi connectivity index (χ1) is 12.2. The van der Waals surface area contributed by atoms with Crippen LogP contribution in [-0.2, 0) is 16.1 Å². The lowest BCUT2D eigenvalue weighted by Gasteiger charge is -2.11. The number of halogens is 3. The number of carbonyl (C=O) groups is 1. The second-order valence-corrected chi connectivity index (χ2v) is 6.52. The number of fused-ring (bicyclic) bond motifs is 1. The molecule has 1 amide bonds. The van der Waals surface area contributed by atoms with Gasteiger partial charge in [0.2, 0.25) is 5.91 Å². The van der Waals surface area contributed by atoms with Gasteiger partial charge in [-0.1, -0.05) is 0 Å². The number of rotatable bonds is 5. The number of amides is 1. The number of aromatic nitrogens is 2. The SMILES string of the molecule is CC(C)Oc1ccc2c(NC(=O)C3CCOC3)nn(CC(F)(F)F)c2c1. The Hall–Kier alpha value is -2.29. The van der Waals surface area contributed by atoms with E-state index in [2.05, 4.69) is 10.4 Å². The fourth-order valence-corrected chi connectivity index (χ4v) is 2.84. The third-order valence-electron chi connectivity index (χ3n) is 3.97. The second kappa shape index (κ2) is 7.14. The molecule has 1 aromatic carbocycles. The zero-order chi connectivity index (χ0) is 18.9. The maximum atomic E-state index is 12.9. The lowest BCUT2D eigenvalue weighted by Crippen LogP contribution is -2.23. The highest BCUT2D eigenvalue weighted by molar-refractivity contribution is 6.01. The van der Waals surface area contributed by atoms with Crippen LogP contribution in [0.5, 0.6) is 5.75 Å². The molecule has 1 aromatic heterocycles. The number of carbonyl (C=O) groups excluding carboxylic acids is 1. The number of nitrogens with zero attached hydrogens (tertiary/aromatic N) is 2. The molecule has 0 saturated carbocycles. The number of alkyl halides is 3. The van der Waals surface area contributed by atoms with Gasteiger partial charge in [-0.15, -0.1) is 0 Å². The van der Waals surface area contributed by atoms with Crippen molar-refractivity contribution in [3.05, 3.63) is 18.2 Å². The van der Waals surface area contributed by atoms with Crippen molar-refractivity contribution in [2.24, 2.45) is 5.92 Å². The lowest BCUT2D eigenvalue weighted by molar-refractivity contribution is -0.141. The maximum absolute atomic E-state index is 12.9. The molecule has 9 heteroatoms. The fourth-order valence-electron chi connectivity index (χ4n) is 2.84. The molecule has 1 unspecified atom stereocenters. The Morgan fingerprint density at radius 1 is 1.46 bits per heavy atom. The van der Waals surface area contributed by atoms with Crippen LogP contribution in [0, 0.1) is 5.92 Å². The summed E-state index contributed by atoms with van der Waals surface area (Å²) in [6.45, 7) is 3.20. The summed E-state index contributed by atoms with van der Waals surface area (Å²) in [7, 11) is 0. The Balaban J connectivity index is 1.95. The van der Waals surface area contributed by atoms with Gasteiger partial charge >= 0.3 is 6.18 Å². The Bertz CT molecular complexity index is 796. The van der Waals surface area contributed by atoms with Crippen LogP contribution in [0.4, 0.5) is 19.0 Å². The Kier molecular flexibility index (Phi) is 5.08. The molecule has 1 atom stereocenters. The summed E-state index contributed by atoms with van der Waals surface area (Å²) in [5, 5.41) is 7.04. The highest BCUT2D eigenvalue weighted by Crippen LogP contribution is 2.30. The van der Waals surface area contributed by atoms with Gasteiger partial charge in [-0.05, 0) is 32.4 Å². The summed E-state index contributed by atoms with van der Waals surface area (Å²) in [5.74, 6) is -0.0694. The van der Waals surface area contributed by atoms with E-state index in [-0.39, 0.29) is 29.3 Å². The molecule has 6 nitrogen and oxygen atoms in total. The monoisotopic (exact) mass is 371 g/mol. The number of hydrogen-bond acceptors (Lipinski definition) is 4. The highest BCUT2D eigenvalue weighted by Gasteiger charge is 2.31. The van der Waals surface area contributed by atoms with E-state index in [0.717, 1.165) is 4.68 Å². The standard InChI is InChI=1S/C17H20F3N3O3/c1-10(2)26-12-3-4-13-14(7-12)23(9-17(18,19)20)22-15(13)21-16(24)11-5-6-25-8-11/h3-4,7,10-11H,5-6,8-9H2,1-2H3,(H,21,22,24). The molecule has 26 heavy (non-hydrogen) atoms. The van der Waals surface area contributed by atoms with Crippen LogP contribution in [0.2, 0.25) is 0 Å². The average molecular weight is 371 g/mol. The molecule has 1 N–H and O–H groups in total. The summed E-state index contributed by atoms with van der Waals surface area (Å²) in [6, 6.07) is 4.76. The van der Waals surface area contributed by atoms with Gasteiger partial charge in [-0.3, -0.25) is 9.48 Å². The van der Waals surface area contributed by atoms with Crippen LogP contribution in [0.25, 0.3) is 10.9 Å². The van der Waals surface area contributed by atoms with Crippen LogP contribution in [0.3, 0.4) is 0 Å². The first-order valence-corrected chi connectivity index (χ1v) is 8.35. The van der Waals surface area contributed by atoms with E-state index in [1.54, 1.807) is 12.1 Å². The largest absolute Gasteiger partial charge is 0.491 e. The van der Waals surface area contributed by atoms with E-state index in [4.69, 9.17) is 9.47 Å². The number of nitrogens with one attached hydrogen (secondary N) is 1. The van der Waals surface area contributed by atoms with Crippen molar-refractivity contribution < 1.29 is 27.4 Å². The lowest BCUT2D eigenvalue weighted by atomic mass is 10.1. The van der Waals surface area contributed by atoms with Crippen molar-refractivity contribution in [2.45, 2.75) is 39.1 Å². The summed E-state index contributed by atoms with van der Waals surface area (Å²) < 4.78 is 50.3. The zero-order valence-electron chi connectivity index (χ0n) is 14.5. The summed E-state index contributed by atoms with van der Waals surface area (Å²) >= 11 is 0. The molecular formula is C17H20F3N3O3. The highest BCUT2D eigenvalue weighted by atomic mass is 19.4. The van der Waals surface area contributed by atoms with Gasteiger partial charge in [0.1, 0.15) is 12.3 Å². The Morgan fingerprint density at radius 3 is 2.85 bits per heavy atom. The molecule has 1 fully saturated rings. The Labute approximate surface area is 148 Å². The number of ether oxygens (including phenoxy) is 2. The van der Waals surface area contributed by atoms with Crippen molar-refractivity contribution in [1.82, 2.24) is 9.78 Å². The normalized spacial score (nSPS) is 17.8. The molecule has 1 saturated heterocycles. The van der Waals surface area contributed by atoms with Gasteiger partial charge in [0.25, 0.3) is 0 Å². The Morgan fingerprint density at radius 2 is 2.23 bits per heavy atom. The van der Waals surface area contributed by atoms with E-state index >= 15 is 0 Å². The maximum Gasteiger partial charge on any atom is 0.408 e. The molecule has 0 bridgehead atoms. The number of anilines is 1. The minimum Gasteiger partial charge on any atom is -0.491 e. The first-order valence-electron chi connectivity index (χ1n) is 8.35. The topological polar surface area (TPSA) is 65.4 Å². The smallest absolute Gasteiger partial charge is 0.408 e. The van der Waals surface area contributed by atoms with Crippen molar-refractivity contribution >= 4 is 22.6 Å². The van der Waals surface area contributed by atoms with Crippen molar-refractivity contribution in [1.29, 1.82) is 0 Å². The molecule has 0 aliphatic carbocycles. The molecule has 1 aliphatic heterocycles. The summed E-state index contributed by atoms with van der Waals surface area (Å²) in [4.78, 5) is 12.3. The van der Waals surface area contributed by atoms with Crippen molar-refractivity contribution in [2.75, 3.05) is 18.5 Å². The zero-order valence-corrected chi connectivity index (χ0v) is 14.5. The minimum absolute atomic E-state index is 0.109. The molecule has 142 valence electrons. The fraction of sp³-hybridized carbons (Fsp3) is 0.529. The average Bonchev–Trinajstić information content (AvgIpc) is 3.15. The molecule has 1 aliphatic rings. The molecule has 2 aromatic rings. The third-order valence-corrected chi connectivity index (χ3v) is 3.97. The van der Waals surface area contributed by atoms with E-state index in [1.165, 1.54) is 6.07 Å². The van der Waals surface area contributed by atoms with Gasteiger partial charge < -0.3 is 14.8 Å². The first kappa shape index (κ1) is 18.5. The molecule has 2 heterocycles. The van der Waals surface area contributed by atoms with Crippen LogP contribution in [0.1, 0.15) is 20.3 Å². The van der Waals surface area contributed by atoms with Crippen LogP contribution < -0.4 is 10.1 Å². The molecular weight excluding hydrogens is 351 g/mol. The van der Waals surface area contributed by atoms with E-state index in [0.29, 0.717) is 30.8 Å². The summed E-state index contributed by atoms with van der Waals surface area (Å²) in [5.41, 5.74) is 0.249. The van der Waals surface area contributed by atoms with Gasteiger partial charge in [0, 0.05) is 18.1 Å². The van der Waals surface area contributed by atoms with Crippen LogP contribution >= 0.6 is 0 Å². The predicted octanol–water partition coefficient (Wildman–Crippen LogP) is 3.36. The summed E-state index contributed by atoms with van der Waals surface area (Å²) in [6.07, 6.45) is -3.97. The van der Waals surface area contributed by atoms with E-state index in [9.17, 15) is 18.0 Å². The van der Waals surface area contributed by atoms with Gasteiger partial charge in [0.05, 0.1) is 24.1 Å². The predicted molar refractivity (Wildman–Crippen MR) is 89.1 cm³/mol. The van der Waals surface area contributed by atoms with Gasteiger partial charge in [-0.25, -0.2) is 0 Å². The van der Waals surface area contributed by atoms with E-state index in [1.807, 2.05) is 13.8 Å². The molecule has 3 rings (SSSR count). The van der Waals surface area contributed by atoms with Gasteiger partial charge in [-0.2, -0.15) is 18.3 Å². The third kappa shape index (κ3) is 4.27. The van der Waals surface area contributed by atoms with Crippen molar-refractivity contribution in [3.8, 4) is 5.75 Å². The molecule has 0 spiro atoms. The van der Waals surface area contributed by atoms with Crippen molar-refractivity contribution in [3.63, 3.8) is 0 Å². The van der Waals surface area contributed by atoms with Gasteiger partial charge in [0.15, 0.2) is 5.82 Å². The number of hydrogen-bond donors (Lipinski definition) is 1. The van der Waals surface area contributed by atoms with E-state index < -0.39 is 12.7 Å². The van der Waals surface area contributed by atoms with Crippen LogP contribution in [0.15, 0.2) is 18.2 Å². The quantitative estimate of drug-likeness (QED) is 0.875. The molecule has 0 radical (unpaired) electrons. The van der Waals surface area contributed by atoms with Crippen LogP contribution in [-0.4, -0.2) is 41.2 Å². The second-order valence-electron chi connectivity index (χ2n) is 6.52. The number of benzene rings is 1. The minimum atomic E-state index is -4.44.